The summed E-state index contributed by atoms with van der Waals surface area (Å²) in [6.07, 6.45) is 7.87. The Morgan fingerprint density at radius 3 is 2.50 bits per heavy atom. The van der Waals surface area contributed by atoms with Crippen LogP contribution < -0.4 is 15.0 Å². The van der Waals surface area contributed by atoms with Crippen molar-refractivity contribution in [1.29, 1.82) is 0 Å². The first kappa shape index (κ1) is 25.4. The number of nitrogens with zero attached hydrogens (tertiary/aromatic N) is 2. The van der Waals surface area contributed by atoms with Crippen molar-refractivity contribution in [3.05, 3.63) is 53.1 Å². The van der Waals surface area contributed by atoms with Gasteiger partial charge in [0, 0.05) is 54.9 Å². The molecule has 0 aromatic heterocycles. The van der Waals surface area contributed by atoms with Crippen LogP contribution in [0.1, 0.15) is 57.9 Å². The summed E-state index contributed by atoms with van der Waals surface area (Å²) in [7, 11) is 0. The van der Waals surface area contributed by atoms with Crippen LogP contribution in [0.15, 0.2) is 42.5 Å². The fourth-order valence-corrected chi connectivity index (χ4v) is 6.46. The van der Waals surface area contributed by atoms with Crippen molar-refractivity contribution in [2.24, 2.45) is 5.92 Å². The zero-order valence-electron chi connectivity index (χ0n) is 21.7. The van der Waals surface area contributed by atoms with E-state index in [-0.39, 0.29) is 24.1 Å². The smallest absolute Gasteiger partial charge is 0.155 e. The van der Waals surface area contributed by atoms with Crippen LogP contribution in [-0.4, -0.2) is 55.0 Å². The second-order valence-electron chi connectivity index (χ2n) is 10.9. The number of piperazine rings is 1. The summed E-state index contributed by atoms with van der Waals surface area (Å²) in [6.45, 7) is 7.56. The van der Waals surface area contributed by atoms with E-state index in [1.54, 1.807) is 0 Å². The third-order valence-electron chi connectivity index (χ3n) is 8.10. The zero-order chi connectivity index (χ0) is 25.1. The van der Waals surface area contributed by atoms with E-state index in [1.807, 2.05) is 26.0 Å². The van der Waals surface area contributed by atoms with Crippen LogP contribution in [0.4, 0.5) is 11.4 Å². The van der Waals surface area contributed by atoms with Gasteiger partial charge in [-0.3, -0.25) is 9.69 Å². The Kier molecular flexibility index (Phi) is 8.07. The molecule has 2 fully saturated rings. The third-order valence-corrected chi connectivity index (χ3v) is 8.33. The first-order valence-corrected chi connectivity index (χ1v) is 14.2. The number of halogens is 1. The van der Waals surface area contributed by atoms with Crippen molar-refractivity contribution in [1.82, 2.24) is 4.90 Å². The van der Waals surface area contributed by atoms with Crippen LogP contribution in [0.2, 0.25) is 5.02 Å². The second kappa shape index (κ2) is 11.4. The number of Topliss-reactive ketones (excluding diaryl/α,β-unsaturated/α-hetero) is 1. The van der Waals surface area contributed by atoms with Crippen LogP contribution in [0.3, 0.4) is 0 Å². The molecular weight excluding hydrogens is 470 g/mol. The van der Waals surface area contributed by atoms with Gasteiger partial charge in [-0.2, -0.15) is 0 Å². The second-order valence-corrected chi connectivity index (χ2v) is 11.4. The molecule has 2 unspecified atom stereocenters. The van der Waals surface area contributed by atoms with E-state index in [0.717, 1.165) is 63.3 Å². The summed E-state index contributed by atoms with van der Waals surface area (Å²) in [4.78, 5) is 18.9. The number of hydrogen-bond donors (Lipinski definition) is 1. The van der Waals surface area contributed by atoms with Gasteiger partial charge in [-0.15, -0.1) is 0 Å². The average Bonchev–Trinajstić information content (AvgIpc) is 2.89. The Hall–Kier alpha value is -2.24. The number of rotatable bonds is 7. The predicted octanol–water partition coefficient (Wildman–Crippen LogP) is 6.19. The van der Waals surface area contributed by atoms with Crippen molar-refractivity contribution in [2.75, 3.05) is 36.4 Å². The number of nitrogens with one attached hydrogen (secondary N) is 1. The molecule has 36 heavy (non-hydrogen) atoms. The van der Waals surface area contributed by atoms with Gasteiger partial charge in [0.25, 0.3) is 0 Å². The average molecular weight is 510 g/mol. The molecular formula is C30H40ClN3O2. The van der Waals surface area contributed by atoms with Gasteiger partial charge in [-0.1, -0.05) is 49.1 Å². The molecule has 0 spiro atoms. The predicted molar refractivity (Wildman–Crippen MR) is 149 cm³/mol. The molecule has 194 valence electrons. The Morgan fingerprint density at radius 2 is 1.75 bits per heavy atom. The number of ketones is 1. The maximum atomic E-state index is 14.0. The molecule has 0 radical (unpaired) electrons. The topological polar surface area (TPSA) is 44.8 Å². The van der Waals surface area contributed by atoms with Crippen molar-refractivity contribution >= 4 is 28.8 Å². The number of fused-ring (bicyclic) bond motifs is 1. The fraction of sp³-hybridized carbons (Fsp3) is 0.567. The summed E-state index contributed by atoms with van der Waals surface area (Å²) in [5, 5.41) is 4.47. The first-order valence-electron chi connectivity index (χ1n) is 13.8. The van der Waals surface area contributed by atoms with E-state index in [9.17, 15) is 4.79 Å². The number of para-hydroxylation sites is 1. The van der Waals surface area contributed by atoms with Crippen LogP contribution >= 0.6 is 11.6 Å². The first-order chi connectivity index (χ1) is 17.5. The summed E-state index contributed by atoms with van der Waals surface area (Å²) in [5.41, 5.74) is 3.65. The lowest BCUT2D eigenvalue weighted by Gasteiger charge is -2.45. The number of carbonyl (C=O) groups excluding carboxylic acids is 1. The van der Waals surface area contributed by atoms with Gasteiger partial charge in [-0.25, -0.2) is 0 Å². The maximum Gasteiger partial charge on any atom is 0.155 e. The molecule has 3 aliphatic rings. The van der Waals surface area contributed by atoms with Crippen LogP contribution in [0.25, 0.3) is 0 Å². The minimum Gasteiger partial charge on any atom is -0.489 e. The lowest BCUT2D eigenvalue weighted by molar-refractivity contribution is -0.130. The minimum absolute atomic E-state index is 0.0693. The quantitative estimate of drug-likeness (QED) is 0.482. The number of anilines is 2. The highest BCUT2D eigenvalue weighted by Crippen LogP contribution is 2.35. The molecule has 2 atom stereocenters. The highest BCUT2D eigenvalue weighted by Gasteiger charge is 2.40. The molecule has 1 aliphatic carbocycles. The monoisotopic (exact) mass is 509 g/mol. The van der Waals surface area contributed by atoms with E-state index >= 15 is 0 Å². The number of aryl methyl sites for hydroxylation is 1. The van der Waals surface area contributed by atoms with E-state index in [0.29, 0.717) is 10.8 Å². The van der Waals surface area contributed by atoms with Crippen molar-refractivity contribution in [2.45, 2.75) is 77.0 Å². The molecule has 5 rings (SSSR count). The lowest BCUT2D eigenvalue weighted by Crippen LogP contribution is -2.60. The zero-order valence-corrected chi connectivity index (χ0v) is 22.5. The summed E-state index contributed by atoms with van der Waals surface area (Å²) in [5.74, 6) is 1.52. The van der Waals surface area contributed by atoms with Gasteiger partial charge >= 0.3 is 0 Å². The Balaban J connectivity index is 1.34. The number of ether oxygens (including phenoxy) is 1. The van der Waals surface area contributed by atoms with Gasteiger partial charge in [0.15, 0.2) is 5.78 Å². The molecule has 2 aromatic carbocycles. The van der Waals surface area contributed by atoms with Gasteiger partial charge in [-0.05, 0) is 63.3 Å². The summed E-state index contributed by atoms with van der Waals surface area (Å²) >= 11 is 6.28. The van der Waals surface area contributed by atoms with Gasteiger partial charge < -0.3 is 15.0 Å². The standard InChI is InChI=1S/C30H40ClN3O2/c1-21(2)36-28-20-24(31)13-15-27(28)33-16-18-34(19-17-33)29(30(35)23-9-4-3-5-10-23)26-14-12-22-8-6-7-11-25(22)32-26/h6-8,11,13,15,20-21,23,26,29,32H,3-5,9-10,12,14,16-19H2,1-2H3. The number of benzene rings is 2. The molecule has 1 N–H and O–H groups in total. The molecule has 2 aromatic rings. The Morgan fingerprint density at radius 1 is 1.00 bits per heavy atom. The Labute approximate surface area is 221 Å². The van der Waals surface area contributed by atoms with Gasteiger partial charge in [0.1, 0.15) is 5.75 Å². The van der Waals surface area contributed by atoms with E-state index in [1.165, 1.54) is 30.5 Å². The van der Waals surface area contributed by atoms with Crippen LogP contribution in [0, 0.1) is 5.92 Å². The van der Waals surface area contributed by atoms with Crippen molar-refractivity contribution in [3.8, 4) is 5.75 Å². The minimum atomic E-state index is -0.0693. The van der Waals surface area contributed by atoms with Crippen molar-refractivity contribution < 1.29 is 9.53 Å². The van der Waals surface area contributed by atoms with Gasteiger partial charge in [0.2, 0.25) is 0 Å². The molecule has 0 amide bonds. The highest BCUT2D eigenvalue weighted by molar-refractivity contribution is 6.30. The summed E-state index contributed by atoms with van der Waals surface area (Å²) < 4.78 is 6.10. The molecule has 1 saturated heterocycles. The van der Waals surface area contributed by atoms with Crippen LogP contribution in [-0.2, 0) is 11.2 Å². The molecule has 0 bridgehead atoms. The highest BCUT2D eigenvalue weighted by atomic mass is 35.5. The Bertz CT molecular complexity index is 1040. The number of carbonyl (C=O) groups is 1. The maximum absolute atomic E-state index is 14.0. The van der Waals surface area contributed by atoms with E-state index in [4.69, 9.17) is 16.3 Å². The number of hydrogen-bond acceptors (Lipinski definition) is 5. The molecule has 2 aliphatic heterocycles. The fourth-order valence-electron chi connectivity index (χ4n) is 6.30. The largest absolute Gasteiger partial charge is 0.489 e. The van der Waals surface area contributed by atoms with E-state index in [2.05, 4.69) is 45.4 Å². The molecule has 5 nitrogen and oxygen atoms in total. The molecule has 6 heteroatoms. The van der Waals surface area contributed by atoms with Gasteiger partial charge in [0.05, 0.1) is 17.8 Å². The van der Waals surface area contributed by atoms with E-state index < -0.39 is 0 Å². The van der Waals surface area contributed by atoms with Crippen LogP contribution in [0.5, 0.6) is 5.75 Å². The SMILES string of the molecule is CC(C)Oc1cc(Cl)ccc1N1CCN(C(C(=O)C2CCCCC2)C2CCc3ccccc3N2)CC1. The normalized spacial score (nSPS) is 22.1. The third kappa shape index (κ3) is 5.68. The molecule has 2 heterocycles. The molecule has 1 saturated carbocycles. The van der Waals surface area contributed by atoms with Crippen molar-refractivity contribution in [3.63, 3.8) is 0 Å². The summed E-state index contributed by atoms with van der Waals surface area (Å²) in [6, 6.07) is 14.6. The lowest BCUT2D eigenvalue weighted by atomic mass is 9.80.